The molecule has 2 heteroatoms. The molecule has 126 valence electrons. The molecule has 22 heavy (non-hydrogen) atoms. The van der Waals surface area contributed by atoms with Crippen molar-refractivity contribution in [3.63, 3.8) is 0 Å². The normalized spacial score (nSPS) is 58.6. The van der Waals surface area contributed by atoms with Crippen LogP contribution in [0.4, 0.5) is 0 Å². The van der Waals surface area contributed by atoms with Gasteiger partial charge in [-0.25, -0.2) is 0 Å². The standard InChI is InChI=1S/C20H34O2/c1-7-10-18(5)21-16-12-20-11-15(19(16,6)22-18)17(3,4)14(20)9-8-13(20)2/h13-16H,7-12H2,1-6H3/t13-,14+,15+,16+,18-,19-,20-/m1/s1. The van der Waals surface area contributed by atoms with Gasteiger partial charge in [0.15, 0.2) is 5.79 Å². The van der Waals surface area contributed by atoms with Gasteiger partial charge in [-0.2, -0.15) is 0 Å². The maximum atomic E-state index is 6.72. The second kappa shape index (κ2) is 4.30. The highest BCUT2D eigenvalue weighted by molar-refractivity contribution is 5.21. The van der Waals surface area contributed by atoms with Gasteiger partial charge in [-0.15, -0.1) is 0 Å². The molecule has 2 nitrogen and oxygen atoms in total. The summed E-state index contributed by atoms with van der Waals surface area (Å²) in [4.78, 5) is 0. The molecule has 3 saturated carbocycles. The molecule has 0 N–H and O–H groups in total. The molecule has 0 aromatic rings. The minimum atomic E-state index is -0.358. The first-order chi connectivity index (χ1) is 10.2. The number of hydrogen-bond donors (Lipinski definition) is 0. The molecule has 0 aromatic heterocycles. The molecular weight excluding hydrogens is 272 g/mol. The van der Waals surface area contributed by atoms with E-state index in [1.165, 1.54) is 25.7 Å². The summed E-state index contributed by atoms with van der Waals surface area (Å²) in [7, 11) is 0. The fraction of sp³-hybridized carbons (Fsp3) is 1.00. The first kappa shape index (κ1) is 15.4. The van der Waals surface area contributed by atoms with Crippen molar-refractivity contribution in [3.05, 3.63) is 0 Å². The molecule has 1 saturated heterocycles. The van der Waals surface area contributed by atoms with Crippen LogP contribution < -0.4 is 0 Å². The topological polar surface area (TPSA) is 18.5 Å². The van der Waals surface area contributed by atoms with Crippen LogP contribution in [0.3, 0.4) is 0 Å². The molecule has 0 aromatic carbocycles. The van der Waals surface area contributed by atoms with E-state index in [1.54, 1.807) is 0 Å². The smallest absolute Gasteiger partial charge is 0.166 e. The first-order valence-electron chi connectivity index (χ1n) is 9.56. The molecule has 4 rings (SSSR count). The number of fused-ring (bicyclic) bond motifs is 3. The lowest BCUT2D eigenvalue weighted by Crippen LogP contribution is -2.52. The van der Waals surface area contributed by atoms with E-state index < -0.39 is 0 Å². The van der Waals surface area contributed by atoms with Gasteiger partial charge < -0.3 is 9.47 Å². The highest BCUT2D eigenvalue weighted by Gasteiger charge is 2.74. The largest absolute Gasteiger partial charge is 0.344 e. The van der Waals surface area contributed by atoms with Crippen LogP contribution in [0.5, 0.6) is 0 Å². The molecule has 1 aliphatic heterocycles. The van der Waals surface area contributed by atoms with E-state index in [1.807, 2.05) is 0 Å². The Balaban J connectivity index is 1.75. The van der Waals surface area contributed by atoms with E-state index in [0.717, 1.165) is 24.7 Å². The Kier molecular flexibility index (Phi) is 3.02. The van der Waals surface area contributed by atoms with Crippen LogP contribution in [0.15, 0.2) is 0 Å². The molecule has 3 aliphatic carbocycles. The molecule has 7 atom stereocenters. The van der Waals surface area contributed by atoms with Gasteiger partial charge in [0.05, 0.1) is 11.7 Å². The van der Waals surface area contributed by atoms with Gasteiger partial charge in [-0.05, 0) is 68.1 Å². The second-order valence-electron chi connectivity index (χ2n) is 9.82. The molecule has 0 amide bonds. The van der Waals surface area contributed by atoms with Crippen LogP contribution in [-0.2, 0) is 9.47 Å². The van der Waals surface area contributed by atoms with E-state index >= 15 is 0 Å². The third-order valence-corrected chi connectivity index (χ3v) is 8.37. The van der Waals surface area contributed by atoms with Crippen LogP contribution in [0.2, 0.25) is 0 Å². The third kappa shape index (κ3) is 1.64. The molecular formula is C20H34O2. The first-order valence-corrected chi connectivity index (χ1v) is 9.56. The van der Waals surface area contributed by atoms with Crippen molar-refractivity contribution in [2.24, 2.45) is 28.6 Å². The average Bonchev–Trinajstić information content (AvgIpc) is 2.92. The Bertz CT molecular complexity index is 486. The lowest BCUT2D eigenvalue weighted by atomic mass is 9.63. The van der Waals surface area contributed by atoms with Crippen LogP contribution >= 0.6 is 0 Å². The molecule has 4 fully saturated rings. The molecule has 2 bridgehead atoms. The number of rotatable bonds is 2. The van der Waals surface area contributed by atoms with E-state index in [-0.39, 0.29) is 11.4 Å². The second-order valence-corrected chi connectivity index (χ2v) is 9.82. The fourth-order valence-corrected chi connectivity index (χ4v) is 7.47. The van der Waals surface area contributed by atoms with Crippen molar-refractivity contribution >= 4 is 0 Å². The zero-order valence-electron chi connectivity index (χ0n) is 15.4. The zero-order chi connectivity index (χ0) is 16.0. The third-order valence-electron chi connectivity index (χ3n) is 8.37. The summed E-state index contributed by atoms with van der Waals surface area (Å²) < 4.78 is 13.3. The zero-order valence-corrected chi connectivity index (χ0v) is 15.4. The van der Waals surface area contributed by atoms with Crippen molar-refractivity contribution < 1.29 is 9.47 Å². The highest BCUT2D eigenvalue weighted by Crippen LogP contribution is 2.75. The highest BCUT2D eigenvalue weighted by atomic mass is 16.8. The lowest BCUT2D eigenvalue weighted by molar-refractivity contribution is -0.193. The van der Waals surface area contributed by atoms with E-state index in [9.17, 15) is 0 Å². The van der Waals surface area contributed by atoms with Crippen molar-refractivity contribution in [1.82, 2.24) is 0 Å². The Hall–Kier alpha value is -0.0800. The summed E-state index contributed by atoms with van der Waals surface area (Å²) in [5.41, 5.74) is 0.830. The SMILES string of the molecule is CCC[C@]1(C)O[C@H]2C[C@@]34C[C@@H](C(C)(C)[C@@H]3CC[C@H]4C)[C@@]2(C)O1. The van der Waals surface area contributed by atoms with Gasteiger partial charge in [0, 0.05) is 6.42 Å². The number of hydrogen-bond acceptors (Lipinski definition) is 2. The van der Waals surface area contributed by atoms with E-state index in [2.05, 4.69) is 41.5 Å². The Morgan fingerprint density at radius 1 is 1.00 bits per heavy atom. The Morgan fingerprint density at radius 3 is 2.41 bits per heavy atom. The monoisotopic (exact) mass is 306 g/mol. The van der Waals surface area contributed by atoms with Gasteiger partial charge >= 0.3 is 0 Å². The lowest BCUT2D eigenvalue weighted by Gasteiger charge is -2.47. The van der Waals surface area contributed by atoms with Gasteiger partial charge in [-0.1, -0.05) is 34.1 Å². The summed E-state index contributed by atoms with van der Waals surface area (Å²) in [5, 5.41) is 0. The minimum absolute atomic E-state index is 0.0806. The van der Waals surface area contributed by atoms with Crippen LogP contribution in [-0.4, -0.2) is 17.5 Å². The minimum Gasteiger partial charge on any atom is -0.344 e. The molecule has 1 heterocycles. The van der Waals surface area contributed by atoms with Crippen molar-refractivity contribution in [3.8, 4) is 0 Å². The molecule has 0 radical (unpaired) electrons. The Morgan fingerprint density at radius 2 is 1.73 bits per heavy atom. The fourth-order valence-electron chi connectivity index (χ4n) is 7.47. The predicted octanol–water partition coefficient (Wildman–Crippen LogP) is 5.16. The van der Waals surface area contributed by atoms with Gasteiger partial charge in [0.25, 0.3) is 0 Å². The van der Waals surface area contributed by atoms with Crippen molar-refractivity contribution in [2.75, 3.05) is 0 Å². The molecule has 4 aliphatic rings. The van der Waals surface area contributed by atoms with Crippen molar-refractivity contribution in [2.45, 2.75) is 97.6 Å². The van der Waals surface area contributed by atoms with Crippen LogP contribution in [0, 0.1) is 28.6 Å². The van der Waals surface area contributed by atoms with E-state index in [0.29, 0.717) is 22.9 Å². The van der Waals surface area contributed by atoms with Crippen LogP contribution in [0.1, 0.15) is 80.1 Å². The predicted molar refractivity (Wildman–Crippen MR) is 88.5 cm³/mol. The maximum Gasteiger partial charge on any atom is 0.166 e. The summed E-state index contributed by atoms with van der Waals surface area (Å²) >= 11 is 0. The number of ether oxygens (including phenoxy) is 2. The summed E-state index contributed by atoms with van der Waals surface area (Å²) in [6.45, 7) is 14.3. The maximum absolute atomic E-state index is 6.72. The van der Waals surface area contributed by atoms with E-state index in [4.69, 9.17) is 9.47 Å². The van der Waals surface area contributed by atoms with Gasteiger partial charge in [0.2, 0.25) is 0 Å². The van der Waals surface area contributed by atoms with Gasteiger partial charge in [-0.3, -0.25) is 0 Å². The quantitative estimate of drug-likeness (QED) is 0.701. The molecule has 0 unspecified atom stereocenters. The Labute approximate surface area is 136 Å². The van der Waals surface area contributed by atoms with Crippen molar-refractivity contribution in [1.29, 1.82) is 0 Å². The van der Waals surface area contributed by atoms with Crippen LogP contribution in [0.25, 0.3) is 0 Å². The van der Waals surface area contributed by atoms with Gasteiger partial charge in [0.1, 0.15) is 0 Å². The molecule has 1 spiro atoms. The summed E-state index contributed by atoms with van der Waals surface area (Å²) in [5.74, 6) is 2.01. The summed E-state index contributed by atoms with van der Waals surface area (Å²) in [6, 6.07) is 0. The average molecular weight is 306 g/mol. The summed E-state index contributed by atoms with van der Waals surface area (Å²) in [6.07, 6.45) is 7.86.